The zero-order valence-corrected chi connectivity index (χ0v) is 16.0. The van der Waals surface area contributed by atoms with Crippen molar-refractivity contribution in [2.24, 2.45) is 17.8 Å². The molecule has 0 bridgehead atoms. The number of allylic oxidation sites excluding steroid dienone is 2. The van der Waals surface area contributed by atoms with E-state index >= 15 is 0 Å². The van der Waals surface area contributed by atoms with Crippen molar-refractivity contribution in [3.05, 3.63) is 78.4 Å². The summed E-state index contributed by atoms with van der Waals surface area (Å²) in [5, 5.41) is 0. The molecule has 0 radical (unpaired) electrons. The van der Waals surface area contributed by atoms with E-state index < -0.39 is 0 Å². The molecule has 1 aliphatic heterocycles. The molecule has 4 rings (SSSR count). The van der Waals surface area contributed by atoms with Crippen molar-refractivity contribution in [3.63, 3.8) is 0 Å². The van der Waals surface area contributed by atoms with Crippen LogP contribution in [0.2, 0.25) is 0 Å². The van der Waals surface area contributed by atoms with Crippen LogP contribution in [0, 0.1) is 17.8 Å². The molecule has 4 nitrogen and oxygen atoms in total. The van der Waals surface area contributed by atoms with Crippen LogP contribution < -0.4 is 4.90 Å². The molecule has 1 saturated heterocycles. The zero-order valence-electron chi connectivity index (χ0n) is 16.0. The van der Waals surface area contributed by atoms with Gasteiger partial charge in [0.15, 0.2) is 0 Å². The maximum absolute atomic E-state index is 13.2. The van der Waals surface area contributed by atoms with E-state index in [0.29, 0.717) is 19.4 Å². The third-order valence-corrected chi connectivity index (χ3v) is 5.76. The maximum Gasteiger partial charge on any atom is 0.309 e. The maximum atomic E-state index is 13.2. The van der Waals surface area contributed by atoms with Gasteiger partial charge in [-0.2, -0.15) is 0 Å². The number of hydrogen-bond donors (Lipinski definition) is 0. The molecular weight excluding hydrogens is 350 g/mol. The molecule has 0 N–H and O–H groups in total. The van der Waals surface area contributed by atoms with Crippen LogP contribution >= 0.6 is 0 Å². The first-order valence-electron chi connectivity index (χ1n) is 9.97. The van der Waals surface area contributed by atoms with Gasteiger partial charge in [-0.15, -0.1) is 0 Å². The number of carbonyl (C=O) groups is 2. The van der Waals surface area contributed by atoms with Gasteiger partial charge in [-0.25, -0.2) is 0 Å². The first kappa shape index (κ1) is 18.5. The van der Waals surface area contributed by atoms with Crippen LogP contribution in [0.5, 0.6) is 0 Å². The Balaban J connectivity index is 1.63. The molecule has 1 aliphatic carbocycles. The van der Waals surface area contributed by atoms with Crippen LogP contribution in [-0.2, 0) is 14.3 Å². The van der Waals surface area contributed by atoms with Gasteiger partial charge < -0.3 is 9.64 Å². The van der Waals surface area contributed by atoms with Gasteiger partial charge in [-0.1, -0.05) is 60.7 Å². The van der Waals surface area contributed by atoms with E-state index in [1.54, 1.807) is 0 Å². The second-order valence-corrected chi connectivity index (χ2v) is 7.44. The van der Waals surface area contributed by atoms with Crippen LogP contribution in [0.15, 0.2) is 72.8 Å². The number of esters is 1. The lowest BCUT2D eigenvalue weighted by molar-refractivity contribution is -0.149. The largest absolute Gasteiger partial charge is 0.466 e. The summed E-state index contributed by atoms with van der Waals surface area (Å²) in [6, 6.07) is 20.0. The number of ether oxygens (including phenoxy) is 1. The lowest BCUT2D eigenvalue weighted by Crippen LogP contribution is -2.58. The quantitative estimate of drug-likeness (QED) is 0.438. The number of nitrogens with zero attached hydrogens (tertiary/aromatic N) is 1. The molecule has 0 aromatic heterocycles. The molecule has 1 fully saturated rings. The Hall–Kier alpha value is -2.88. The van der Waals surface area contributed by atoms with Crippen LogP contribution in [-0.4, -0.2) is 18.5 Å². The molecule has 1 heterocycles. The fourth-order valence-electron chi connectivity index (χ4n) is 4.45. The topological polar surface area (TPSA) is 46.6 Å². The molecule has 4 atom stereocenters. The van der Waals surface area contributed by atoms with Gasteiger partial charge in [0.1, 0.15) is 0 Å². The first-order valence-corrected chi connectivity index (χ1v) is 9.97. The van der Waals surface area contributed by atoms with Gasteiger partial charge >= 0.3 is 5.97 Å². The molecule has 0 saturated carbocycles. The Bertz CT molecular complexity index is 862. The third-order valence-electron chi connectivity index (χ3n) is 5.76. The van der Waals surface area contributed by atoms with Crippen LogP contribution in [0.3, 0.4) is 0 Å². The fourth-order valence-corrected chi connectivity index (χ4v) is 4.45. The monoisotopic (exact) mass is 375 g/mol. The summed E-state index contributed by atoms with van der Waals surface area (Å²) in [5.74, 6) is -0.305. The molecule has 4 heteroatoms. The van der Waals surface area contributed by atoms with Gasteiger partial charge in [-0.3, -0.25) is 9.59 Å². The summed E-state index contributed by atoms with van der Waals surface area (Å²) in [5.41, 5.74) is 2.04. The summed E-state index contributed by atoms with van der Waals surface area (Å²) in [4.78, 5) is 27.4. The minimum absolute atomic E-state index is 0.0216. The molecular formula is C24H25NO3. The first-order chi connectivity index (χ1) is 13.7. The summed E-state index contributed by atoms with van der Waals surface area (Å²) in [6.45, 7) is 2.22. The standard InChI is InChI=1S/C24H25NO3/c1-2-28-24(27)19-13-9-12-18(16-19)21-22(17-10-5-3-6-11-17)25(23(21)26)20-14-7-4-8-15-20/h3-12,14-15,18-19,21-22H,2,13,16H2,1H3/t18-,19-,21+,22+/m0/s1. The van der Waals surface area contributed by atoms with Crippen molar-refractivity contribution >= 4 is 17.6 Å². The van der Waals surface area contributed by atoms with E-state index in [1.165, 1.54) is 0 Å². The van der Waals surface area contributed by atoms with Gasteiger partial charge in [0.25, 0.3) is 0 Å². The molecule has 0 unspecified atom stereocenters. The second kappa shape index (κ2) is 8.01. The lowest BCUT2D eigenvalue weighted by atomic mass is 9.69. The molecule has 0 spiro atoms. The number of rotatable bonds is 5. The van der Waals surface area contributed by atoms with Crippen molar-refractivity contribution in [2.45, 2.75) is 25.8 Å². The van der Waals surface area contributed by atoms with Gasteiger partial charge in [0.05, 0.1) is 24.5 Å². The number of β-lactam (4-membered cyclic amide) rings is 1. The van der Waals surface area contributed by atoms with Crippen LogP contribution in [0.4, 0.5) is 5.69 Å². The third kappa shape index (κ3) is 3.35. The Morgan fingerprint density at radius 1 is 1.07 bits per heavy atom. The summed E-state index contributed by atoms with van der Waals surface area (Å²) >= 11 is 0. The molecule has 1 amide bonds. The van der Waals surface area contributed by atoms with Crippen molar-refractivity contribution in [1.82, 2.24) is 0 Å². The number of anilines is 1. The summed E-state index contributed by atoms with van der Waals surface area (Å²) < 4.78 is 5.22. The highest BCUT2D eigenvalue weighted by atomic mass is 16.5. The number of para-hydroxylation sites is 1. The lowest BCUT2D eigenvalue weighted by Gasteiger charge is -2.50. The molecule has 2 aromatic rings. The van der Waals surface area contributed by atoms with Crippen molar-refractivity contribution in [2.75, 3.05) is 11.5 Å². The zero-order chi connectivity index (χ0) is 19.5. The SMILES string of the molecule is CCOC(=O)[C@H]1CC=C[C@H]([C@H]2C(=O)N(c3ccccc3)[C@@H]2c2ccccc2)C1. The molecule has 2 aromatic carbocycles. The highest BCUT2D eigenvalue weighted by molar-refractivity contribution is 6.03. The predicted molar refractivity (Wildman–Crippen MR) is 109 cm³/mol. The minimum atomic E-state index is -0.162. The van der Waals surface area contributed by atoms with Gasteiger partial charge in [0, 0.05) is 5.69 Å². The van der Waals surface area contributed by atoms with E-state index in [0.717, 1.165) is 11.3 Å². The van der Waals surface area contributed by atoms with Crippen molar-refractivity contribution in [1.29, 1.82) is 0 Å². The molecule has 28 heavy (non-hydrogen) atoms. The Morgan fingerprint density at radius 2 is 1.75 bits per heavy atom. The fraction of sp³-hybridized carbons (Fsp3) is 0.333. The predicted octanol–water partition coefficient (Wildman–Crippen LogP) is 4.54. The van der Waals surface area contributed by atoms with Gasteiger partial charge in [-0.05, 0) is 43.4 Å². The summed E-state index contributed by atoms with van der Waals surface area (Å²) in [7, 11) is 0. The number of benzene rings is 2. The Labute approximate surface area is 165 Å². The molecule has 144 valence electrons. The highest BCUT2D eigenvalue weighted by Crippen LogP contribution is 2.49. The average molecular weight is 375 g/mol. The van der Waals surface area contributed by atoms with E-state index in [9.17, 15) is 9.59 Å². The average Bonchev–Trinajstić information content (AvgIpc) is 2.74. The number of amides is 1. The summed E-state index contributed by atoms with van der Waals surface area (Å²) in [6.07, 6.45) is 5.51. The van der Waals surface area contributed by atoms with E-state index in [1.807, 2.05) is 66.4 Å². The smallest absolute Gasteiger partial charge is 0.309 e. The highest BCUT2D eigenvalue weighted by Gasteiger charge is 2.52. The molecule has 2 aliphatic rings. The van der Waals surface area contributed by atoms with Crippen LogP contribution in [0.1, 0.15) is 31.4 Å². The van der Waals surface area contributed by atoms with Crippen molar-refractivity contribution in [3.8, 4) is 0 Å². The normalized spacial score (nSPS) is 26.6. The van der Waals surface area contributed by atoms with E-state index in [-0.39, 0.29) is 35.7 Å². The number of carbonyl (C=O) groups excluding carboxylic acids is 2. The van der Waals surface area contributed by atoms with E-state index in [4.69, 9.17) is 4.74 Å². The van der Waals surface area contributed by atoms with E-state index in [2.05, 4.69) is 18.2 Å². The van der Waals surface area contributed by atoms with Crippen LogP contribution in [0.25, 0.3) is 0 Å². The minimum Gasteiger partial charge on any atom is -0.466 e. The second-order valence-electron chi connectivity index (χ2n) is 7.44. The van der Waals surface area contributed by atoms with Gasteiger partial charge in [0.2, 0.25) is 5.91 Å². The Morgan fingerprint density at radius 3 is 2.43 bits per heavy atom. The Kier molecular flexibility index (Phi) is 5.29. The van der Waals surface area contributed by atoms with Crippen molar-refractivity contribution < 1.29 is 14.3 Å². The number of hydrogen-bond acceptors (Lipinski definition) is 3.